The molecule has 22 heavy (non-hydrogen) atoms. The molecule has 2 aromatic rings. The van der Waals surface area contributed by atoms with Crippen LogP contribution in [0.25, 0.3) is 0 Å². The normalized spacial score (nSPS) is 11.6. The molecule has 1 heterocycles. The minimum atomic E-state index is -4.29. The Hall–Kier alpha value is -2.02. The van der Waals surface area contributed by atoms with Gasteiger partial charge in [-0.05, 0) is 18.1 Å². The van der Waals surface area contributed by atoms with Gasteiger partial charge >= 0.3 is 6.18 Å². The van der Waals surface area contributed by atoms with Gasteiger partial charge in [0.05, 0.1) is 6.61 Å². The first-order valence-corrected chi connectivity index (χ1v) is 6.76. The molecule has 1 aromatic heterocycles. The molecule has 7 heteroatoms. The van der Waals surface area contributed by atoms with Crippen LogP contribution in [-0.4, -0.2) is 29.4 Å². The van der Waals surface area contributed by atoms with E-state index in [1.807, 2.05) is 18.2 Å². The number of hydrogen-bond acceptors (Lipinski definition) is 3. The molecule has 0 spiro atoms. The summed E-state index contributed by atoms with van der Waals surface area (Å²) in [6.07, 6.45) is -0.986. The van der Waals surface area contributed by atoms with Gasteiger partial charge in [0.25, 0.3) is 0 Å². The van der Waals surface area contributed by atoms with Gasteiger partial charge in [0, 0.05) is 19.5 Å². The van der Waals surface area contributed by atoms with Gasteiger partial charge < -0.3 is 14.0 Å². The van der Waals surface area contributed by atoms with Crippen LogP contribution in [0.15, 0.2) is 36.7 Å². The number of halogens is 3. The van der Waals surface area contributed by atoms with Crippen molar-refractivity contribution in [2.24, 2.45) is 0 Å². The summed E-state index contributed by atoms with van der Waals surface area (Å²) >= 11 is 0. The lowest BCUT2D eigenvalue weighted by Gasteiger charge is -2.13. The van der Waals surface area contributed by atoms with Gasteiger partial charge in [-0.15, -0.1) is 0 Å². The molecule has 0 atom stereocenters. The summed E-state index contributed by atoms with van der Waals surface area (Å²) in [6.45, 7) is -0.548. The second kappa shape index (κ2) is 7.31. The van der Waals surface area contributed by atoms with E-state index in [0.717, 1.165) is 10.1 Å². The van der Waals surface area contributed by atoms with Gasteiger partial charge in [-0.3, -0.25) is 0 Å². The molecule has 1 aromatic carbocycles. The quantitative estimate of drug-likeness (QED) is 0.787. The molecule has 0 amide bonds. The van der Waals surface area contributed by atoms with Crippen molar-refractivity contribution in [3.8, 4) is 5.75 Å². The number of hydrogen-bond donors (Lipinski definition) is 0. The van der Waals surface area contributed by atoms with Crippen LogP contribution in [0.3, 0.4) is 0 Å². The van der Waals surface area contributed by atoms with Crippen LogP contribution in [-0.2, 0) is 24.3 Å². The number of methoxy groups -OCH3 is 1. The molecule has 0 saturated heterocycles. The van der Waals surface area contributed by atoms with Crippen LogP contribution >= 0.6 is 0 Å². The summed E-state index contributed by atoms with van der Waals surface area (Å²) in [6, 6.07) is 7.37. The van der Waals surface area contributed by atoms with Crippen molar-refractivity contribution in [3.05, 3.63) is 48.0 Å². The second-order valence-electron chi connectivity index (χ2n) is 4.73. The van der Waals surface area contributed by atoms with Crippen molar-refractivity contribution in [2.75, 3.05) is 13.7 Å². The second-order valence-corrected chi connectivity index (χ2v) is 4.73. The highest BCUT2D eigenvalue weighted by atomic mass is 19.4. The van der Waals surface area contributed by atoms with Gasteiger partial charge in [0.2, 0.25) is 0 Å². The highest BCUT2D eigenvalue weighted by molar-refractivity contribution is 5.33. The first-order valence-electron chi connectivity index (χ1n) is 6.76. The average molecular weight is 314 g/mol. The van der Waals surface area contributed by atoms with Crippen LogP contribution < -0.4 is 4.74 Å². The lowest BCUT2D eigenvalue weighted by atomic mass is 10.1. The van der Waals surface area contributed by atoms with E-state index in [2.05, 4.69) is 4.98 Å². The summed E-state index contributed by atoms with van der Waals surface area (Å²) in [4.78, 5) is 3.92. The zero-order valence-electron chi connectivity index (χ0n) is 12.1. The Kier molecular flexibility index (Phi) is 5.43. The molecule has 4 nitrogen and oxygen atoms in total. The minimum absolute atomic E-state index is 0.0208. The molecule has 0 bridgehead atoms. The van der Waals surface area contributed by atoms with Crippen LogP contribution in [0.4, 0.5) is 13.2 Å². The van der Waals surface area contributed by atoms with Gasteiger partial charge in [-0.25, -0.2) is 4.98 Å². The molecular weight excluding hydrogens is 297 g/mol. The lowest BCUT2D eigenvalue weighted by Crippen LogP contribution is -2.19. The van der Waals surface area contributed by atoms with E-state index in [1.54, 1.807) is 13.2 Å². The Morgan fingerprint density at radius 2 is 2.00 bits per heavy atom. The standard InChI is InChI=1S/C15H17F3N2O2/c1-21-9-6-12-4-2-3-5-13(12)22-10-14-19-7-8-20(14)11-15(16,17)18/h2-5,7-8H,6,9-11H2,1H3. The van der Waals surface area contributed by atoms with Crippen LogP contribution in [0.1, 0.15) is 11.4 Å². The predicted molar refractivity (Wildman–Crippen MR) is 74.6 cm³/mol. The molecule has 0 N–H and O–H groups in total. The summed E-state index contributed by atoms with van der Waals surface area (Å²) in [5.41, 5.74) is 0.943. The number of rotatable bonds is 7. The molecule has 0 unspecified atom stereocenters. The molecule has 0 aliphatic rings. The fourth-order valence-corrected chi connectivity index (χ4v) is 2.02. The molecule has 0 radical (unpaired) electrons. The van der Waals surface area contributed by atoms with E-state index in [0.29, 0.717) is 18.8 Å². The number of aromatic nitrogens is 2. The third kappa shape index (κ3) is 4.77. The maximum absolute atomic E-state index is 12.5. The Morgan fingerprint density at radius 1 is 1.23 bits per heavy atom. The van der Waals surface area contributed by atoms with Crippen molar-refractivity contribution in [1.82, 2.24) is 9.55 Å². The zero-order valence-corrected chi connectivity index (χ0v) is 12.1. The summed E-state index contributed by atoms with van der Waals surface area (Å²) < 4.78 is 49.1. The molecule has 0 aliphatic heterocycles. The van der Waals surface area contributed by atoms with Gasteiger partial charge in [0.15, 0.2) is 0 Å². The maximum Gasteiger partial charge on any atom is 0.406 e. The van der Waals surface area contributed by atoms with E-state index < -0.39 is 12.7 Å². The number of benzene rings is 1. The number of nitrogens with zero attached hydrogens (tertiary/aromatic N) is 2. The smallest absolute Gasteiger partial charge is 0.406 e. The molecular formula is C15H17F3N2O2. The largest absolute Gasteiger partial charge is 0.485 e. The van der Waals surface area contributed by atoms with Crippen molar-refractivity contribution < 1.29 is 22.6 Å². The monoisotopic (exact) mass is 314 g/mol. The summed E-state index contributed by atoms with van der Waals surface area (Å²) in [5, 5.41) is 0. The number of imidazole rings is 1. The highest BCUT2D eigenvalue weighted by Crippen LogP contribution is 2.21. The van der Waals surface area contributed by atoms with E-state index in [-0.39, 0.29) is 12.4 Å². The summed E-state index contributed by atoms with van der Waals surface area (Å²) in [5.74, 6) is 0.861. The third-order valence-corrected chi connectivity index (χ3v) is 3.06. The first-order chi connectivity index (χ1) is 10.5. The lowest BCUT2D eigenvalue weighted by molar-refractivity contribution is -0.141. The van der Waals surface area contributed by atoms with Crippen molar-refractivity contribution >= 4 is 0 Å². The predicted octanol–water partition coefficient (Wildman–Crippen LogP) is 3.21. The Labute approximate surface area is 126 Å². The van der Waals surface area contributed by atoms with Crippen LogP contribution in [0.2, 0.25) is 0 Å². The van der Waals surface area contributed by atoms with Crippen molar-refractivity contribution in [3.63, 3.8) is 0 Å². The molecule has 120 valence electrons. The van der Waals surface area contributed by atoms with E-state index in [1.165, 1.54) is 12.4 Å². The molecule has 0 saturated carbocycles. The van der Waals surface area contributed by atoms with Gasteiger partial charge in [-0.1, -0.05) is 18.2 Å². The van der Waals surface area contributed by atoms with E-state index >= 15 is 0 Å². The van der Waals surface area contributed by atoms with E-state index in [9.17, 15) is 13.2 Å². The fourth-order valence-electron chi connectivity index (χ4n) is 2.02. The Morgan fingerprint density at radius 3 is 2.73 bits per heavy atom. The molecule has 0 fully saturated rings. The molecule has 2 rings (SSSR count). The van der Waals surface area contributed by atoms with Gasteiger partial charge in [0.1, 0.15) is 24.7 Å². The minimum Gasteiger partial charge on any atom is -0.485 e. The van der Waals surface area contributed by atoms with Crippen LogP contribution in [0, 0.1) is 0 Å². The first kappa shape index (κ1) is 16.4. The Bertz CT molecular complexity index is 596. The third-order valence-electron chi connectivity index (χ3n) is 3.06. The van der Waals surface area contributed by atoms with Gasteiger partial charge in [-0.2, -0.15) is 13.2 Å². The Balaban J connectivity index is 2.03. The number of para-hydroxylation sites is 1. The van der Waals surface area contributed by atoms with Crippen LogP contribution in [0.5, 0.6) is 5.75 Å². The number of alkyl halides is 3. The van der Waals surface area contributed by atoms with Crippen molar-refractivity contribution in [1.29, 1.82) is 0 Å². The fraction of sp³-hybridized carbons (Fsp3) is 0.400. The number of ether oxygens (including phenoxy) is 2. The maximum atomic E-state index is 12.5. The highest BCUT2D eigenvalue weighted by Gasteiger charge is 2.28. The zero-order chi connectivity index (χ0) is 16.0. The topological polar surface area (TPSA) is 36.3 Å². The SMILES string of the molecule is COCCc1ccccc1OCc1nccn1CC(F)(F)F. The van der Waals surface area contributed by atoms with Crippen molar-refractivity contribution in [2.45, 2.75) is 25.7 Å². The average Bonchev–Trinajstić information content (AvgIpc) is 2.89. The molecule has 0 aliphatic carbocycles. The van der Waals surface area contributed by atoms with E-state index in [4.69, 9.17) is 9.47 Å². The summed E-state index contributed by atoms with van der Waals surface area (Å²) in [7, 11) is 1.61.